The maximum absolute atomic E-state index is 13.3. The lowest BCUT2D eigenvalue weighted by Crippen LogP contribution is -2.39. The van der Waals surface area contributed by atoms with Gasteiger partial charge in [0.25, 0.3) is 0 Å². The van der Waals surface area contributed by atoms with Crippen LogP contribution in [0.2, 0.25) is 0 Å². The van der Waals surface area contributed by atoms with Gasteiger partial charge in [-0.2, -0.15) is 0 Å². The fraction of sp³-hybridized carbons (Fsp3) is 0.409. The van der Waals surface area contributed by atoms with Crippen LogP contribution in [0.5, 0.6) is 0 Å². The molecule has 2 aromatic heterocycles. The molecule has 1 N–H and O–H groups in total. The molecule has 0 atom stereocenters. The van der Waals surface area contributed by atoms with Crippen LogP contribution in [0.1, 0.15) is 50.5 Å². The van der Waals surface area contributed by atoms with Crippen molar-refractivity contribution in [3.8, 4) is 0 Å². The maximum Gasteiger partial charge on any atom is 0.231 e. The summed E-state index contributed by atoms with van der Waals surface area (Å²) >= 11 is 0. The Labute approximate surface area is 159 Å². The van der Waals surface area contributed by atoms with E-state index in [0.29, 0.717) is 6.42 Å². The van der Waals surface area contributed by atoms with E-state index in [9.17, 15) is 4.79 Å². The first-order chi connectivity index (χ1) is 13.2. The molecular weight excluding hydrogens is 338 g/mol. The minimum absolute atomic E-state index is 0.0636. The van der Waals surface area contributed by atoms with E-state index in [4.69, 9.17) is 4.52 Å². The van der Waals surface area contributed by atoms with Gasteiger partial charge in [0.2, 0.25) is 5.91 Å². The van der Waals surface area contributed by atoms with Crippen LogP contribution in [0.15, 0.2) is 47.1 Å². The fourth-order valence-corrected chi connectivity index (χ4v) is 4.05. The number of aryl methyl sites for hydroxylation is 1. The highest BCUT2D eigenvalue weighted by Gasteiger charge is 2.40. The number of carbonyl (C=O) groups excluding carboxylic acids is 1. The minimum atomic E-state index is -0.436. The molecule has 3 aromatic rings. The molecule has 0 bridgehead atoms. The van der Waals surface area contributed by atoms with Crippen molar-refractivity contribution in [3.63, 3.8) is 0 Å². The third kappa shape index (κ3) is 3.72. The van der Waals surface area contributed by atoms with Crippen molar-refractivity contribution >= 4 is 22.5 Å². The molecule has 0 unspecified atom stereocenters. The second-order valence-corrected chi connectivity index (χ2v) is 7.53. The summed E-state index contributed by atoms with van der Waals surface area (Å²) in [4.78, 5) is 17.8. The van der Waals surface area contributed by atoms with Crippen LogP contribution >= 0.6 is 0 Å². The van der Waals surface area contributed by atoms with E-state index in [1.165, 1.54) is 6.42 Å². The van der Waals surface area contributed by atoms with Gasteiger partial charge >= 0.3 is 0 Å². The number of anilines is 1. The summed E-state index contributed by atoms with van der Waals surface area (Å²) in [6.45, 7) is 2.05. The average Bonchev–Trinajstić information content (AvgIpc) is 3.16. The van der Waals surface area contributed by atoms with E-state index >= 15 is 0 Å². The van der Waals surface area contributed by atoms with E-state index in [2.05, 4.69) is 22.4 Å². The van der Waals surface area contributed by atoms with Crippen LogP contribution in [-0.4, -0.2) is 16.0 Å². The second-order valence-electron chi connectivity index (χ2n) is 7.53. The number of benzene rings is 1. The largest absolute Gasteiger partial charge is 0.361 e. The maximum atomic E-state index is 13.3. The Morgan fingerprint density at radius 3 is 2.78 bits per heavy atom. The average molecular weight is 363 g/mol. The summed E-state index contributed by atoms with van der Waals surface area (Å²) in [5.41, 5.74) is 2.18. The zero-order valence-electron chi connectivity index (χ0n) is 15.7. The number of hydrogen-bond acceptors (Lipinski definition) is 4. The summed E-state index contributed by atoms with van der Waals surface area (Å²) < 4.78 is 5.50. The summed E-state index contributed by atoms with van der Waals surface area (Å²) in [5, 5.41) is 8.24. The van der Waals surface area contributed by atoms with E-state index < -0.39 is 5.41 Å². The lowest BCUT2D eigenvalue weighted by molar-refractivity contribution is -0.127. The Balaban J connectivity index is 1.57. The van der Waals surface area contributed by atoms with Crippen molar-refractivity contribution in [1.29, 1.82) is 0 Å². The van der Waals surface area contributed by atoms with Crippen LogP contribution in [0, 0.1) is 5.41 Å². The number of nitrogens with zero attached hydrogens (tertiary/aromatic N) is 2. The molecule has 1 fully saturated rings. The van der Waals surface area contributed by atoms with Gasteiger partial charge in [0.05, 0.1) is 28.5 Å². The molecule has 1 aliphatic rings. The fourth-order valence-electron chi connectivity index (χ4n) is 4.05. The number of pyridine rings is 1. The Bertz CT molecular complexity index is 941. The van der Waals surface area contributed by atoms with Crippen molar-refractivity contribution < 1.29 is 9.32 Å². The normalized spacial score (nSPS) is 16.3. The van der Waals surface area contributed by atoms with Crippen molar-refractivity contribution in [1.82, 2.24) is 10.1 Å². The van der Waals surface area contributed by atoms with Gasteiger partial charge in [0.15, 0.2) is 0 Å². The molecule has 1 aromatic carbocycles. The van der Waals surface area contributed by atoms with E-state index in [0.717, 1.165) is 60.1 Å². The van der Waals surface area contributed by atoms with Gasteiger partial charge in [0, 0.05) is 17.9 Å². The van der Waals surface area contributed by atoms with Gasteiger partial charge in [-0.3, -0.25) is 9.78 Å². The first-order valence-electron chi connectivity index (χ1n) is 9.79. The third-order valence-electron chi connectivity index (χ3n) is 5.62. The highest BCUT2D eigenvalue weighted by Crippen LogP contribution is 2.40. The quantitative estimate of drug-likeness (QED) is 0.699. The van der Waals surface area contributed by atoms with Gasteiger partial charge in [-0.15, -0.1) is 0 Å². The number of fused-ring (bicyclic) bond motifs is 1. The van der Waals surface area contributed by atoms with Crippen LogP contribution in [0.3, 0.4) is 0 Å². The second kappa shape index (κ2) is 7.51. The highest BCUT2D eigenvalue weighted by atomic mass is 16.5. The van der Waals surface area contributed by atoms with E-state index in [1.807, 2.05) is 36.4 Å². The van der Waals surface area contributed by atoms with Crippen LogP contribution < -0.4 is 5.32 Å². The number of rotatable bonds is 5. The molecule has 2 heterocycles. The summed E-state index contributed by atoms with van der Waals surface area (Å²) in [6.07, 6.45) is 8.25. The van der Waals surface area contributed by atoms with Crippen LogP contribution in [0.25, 0.3) is 10.9 Å². The Hall–Kier alpha value is -2.69. The Morgan fingerprint density at radius 2 is 2.00 bits per heavy atom. The first kappa shape index (κ1) is 17.7. The predicted molar refractivity (Wildman–Crippen MR) is 105 cm³/mol. The van der Waals surface area contributed by atoms with Gasteiger partial charge in [-0.05, 0) is 31.4 Å². The number of nitrogens with one attached hydrogen (secondary N) is 1. The standard InChI is InChI=1S/C22H25N3O2/c1-2-17-13-19(27-25-17)14-22(10-6-3-7-11-22)21(26)24-18-12-16-8-4-5-9-20(16)23-15-18/h4-5,8-9,12-13,15H,2-3,6-7,10-11,14H2,1H3,(H,24,26). The smallest absolute Gasteiger partial charge is 0.231 e. The summed E-state index contributed by atoms with van der Waals surface area (Å²) in [6, 6.07) is 11.9. The van der Waals surface area contributed by atoms with Crippen molar-refractivity contribution in [2.75, 3.05) is 5.32 Å². The molecule has 140 valence electrons. The van der Waals surface area contributed by atoms with Gasteiger partial charge < -0.3 is 9.84 Å². The molecule has 1 saturated carbocycles. The molecule has 0 saturated heterocycles. The zero-order valence-corrected chi connectivity index (χ0v) is 15.7. The predicted octanol–water partition coefficient (Wildman–Crippen LogP) is 4.92. The molecule has 0 aliphatic heterocycles. The summed E-state index contributed by atoms with van der Waals surface area (Å²) in [7, 11) is 0. The molecule has 1 amide bonds. The lowest BCUT2D eigenvalue weighted by atomic mass is 9.70. The molecular formula is C22H25N3O2. The molecule has 27 heavy (non-hydrogen) atoms. The van der Waals surface area contributed by atoms with Gasteiger partial charge in [0.1, 0.15) is 5.76 Å². The lowest BCUT2D eigenvalue weighted by Gasteiger charge is -2.35. The monoisotopic (exact) mass is 363 g/mol. The summed E-state index contributed by atoms with van der Waals surface area (Å²) in [5.74, 6) is 0.870. The van der Waals surface area contributed by atoms with Gasteiger partial charge in [-0.1, -0.05) is 49.5 Å². The van der Waals surface area contributed by atoms with Crippen LogP contribution in [0.4, 0.5) is 5.69 Å². The van der Waals surface area contributed by atoms with Crippen molar-refractivity contribution in [2.24, 2.45) is 5.41 Å². The minimum Gasteiger partial charge on any atom is -0.361 e. The number of carbonyl (C=O) groups is 1. The molecule has 4 rings (SSSR count). The number of amides is 1. The molecule has 5 nitrogen and oxygen atoms in total. The third-order valence-corrected chi connectivity index (χ3v) is 5.62. The molecule has 5 heteroatoms. The molecule has 0 spiro atoms. The van der Waals surface area contributed by atoms with E-state index in [-0.39, 0.29) is 5.91 Å². The van der Waals surface area contributed by atoms with Crippen molar-refractivity contribution in [2.45, 2.75) is 51.9 Å². The molecule has 0 radical (unpaired) electrons. The molecule has 1 aliphatic carbocycles. The van der Waals surface area contributed by atoms with Crippen molar-refractivity contribution in [3.05, 3.63) is 54.0 Å². The number of hydrogen-bond donors (Lipinski definition) is 1. The highest BCUT2D eigenvalue weighted by molar-refractivity contribution is 5.97. The Morgan fingerprint density at radius 1 is 1.19 bits per heavy atom. The van der Waals surface area contributed by atoms with Crippen LogP contribution in [-0.2, 0) is 17.6 Å². The number of para-hydroxylation sites is 1. The van der Waals surface area contributed by atoms with Gasteiger partial charge in [-0.25, -0.2) is 0 Å². The Kier molecular flexibility index (Phi) is 4.92. The topological polar surface area (TPSA) is 68.0 Å². The zero-order chi connectivity index (χ0) is 18.7. The van der Waals surface area contributed by atoms with E-state index in [1.54, 1.807) is 6.20 Å². The number of aromatic nitrogens is 2. The first-order valence-corrected chi connectivity index (χ1v) is 9.79. The SMILES string of the molecule is CCc1cc(CC2(C(=O)Nc3cnc4ccccc4c3)CCCCC2)on1.